The minimum Gasteiger partial charge on any atom is -0.330 e. The van der Waals surface area contributed by atoms with Gasteiger partial charge in [0, 0.05) is 16.4 Å². The molecule has 0 saturated carbocycles. The Morgan fingerprint density at radius 3 is 2.92 bits per heavy atom. The van der Waals surface area contributed by atoms with E-state index in [9.17, 15) is 0 Å². The molecule has 12 heavy (non-hydrogen) atoms. The summed E-state index contributed by atoms with van der Waals surface area (Å²) in [5.41, 5.74) is 5.38. The Balaban J connectivity index is 2.37. The van der Waals surface area contributed by atoms with Crippen LogP contribution in [-0.2, 0) is 0 Å². The molecule has 4 heteroatoms. The van der Waals surface area contributed by atoms with Crippen molar-refractivity contribution in [3.63, 3.8) is 0 Å². The summed E-state index contributed by atoms with van der Waals surface area (Å²) in [6.07, 6.45) is 2.85. The molecule has 0 aliphatic rings. The average Bonchev–Trinajstić information content (AvgIpc) is 2.09. The molecule has 0 atom stereocenters. The van der Waals surface area contributed by atoms with Crippen molar-refractivity contribution in [3.05, 3.63) is 22.8 Å². The highest BCUT2D eigenvalue weighted by Gasteiger charge is 1.93. The van der Waals surface area contributed by atoms with E-state index >= 15 is 0 Å². The molecule has 1 rings (SSSR count). The van der Waals surface area contributed by atoms with Gasteiger partial charge in [-0.1, -0.05) is 0 Å². The fourth-order valence-electron chi connectivity index (χ4n) is 0.708. The van der Waals surface area contributed by atoms with E-state index in [4.69, 9.17) is 5.73 Å². The van der Waals surface area contributed by atoms with Gasteiger partial charge < -0.3 is 5.73 Å². The van der Waals surface area contributed by atoms with Gasteiger partial charge in [0.1, 0.15) is 0 Å². The van der Waals surface area contributed by atoms with Crippen molar-refractivity contribution in [2.75, 3.05) is 12.3 Å². The lowest BCUT2D eigenvalue weighted by Gasteiger charge is -1.98. The van der Waals surface area contributed by atoms with Gasteiger partial charge in [-0.05, 0) is 41.0 Å². The summed E-state index contributed by atoms with van der Waals surface area (Å²) >= 11 is 5.08. The Morgan fingerprint density at radius 1 is 1.50 bits per heavy atom. The SMILES string of the molecule is NCCCSc1ccc(Br)cn1. The summed E-state index contributed by atoms with van der Waals surface area (Å²) in [5, 5.41) is 1.06. The molecule has 66 valence electrons. The molecule has 0 unspecified atom stereocenters. The number of nitrogens with two attached hydrogens (primary N) is 1. The van der Waals surface area contributed by atoms with Crippen molar-refractivity contribution in [2.45, 2.75) is 11.4 Å². The lowest BCUT2D eigenvalue weighted by atomic mass is 10.5. The van der Waals surface area contributed by atoms with Gasteiger partial charge in [-0.2, -0.15) is 0 Å². The summed E-state index contributed by atoms with van der Waals surface area (Å²) in [6.45, 7) is 0.754. The van der Waals surface area contributed by atoms with E-state index in [1.54, 1.807) is 11.8 Å². The maximum absolute atomic E-state index is 5.38. The number of nitrogens with zero attached hydrogens (tertiary/aromatic N) is 1. The predicted octanol–water partition coefficient (Wildman–Crippen LogP) is 2.29. The monoisotopic (exact) mass is 246 g/mol. The summed E-state index contributed by atoms with van der Waals surface area (Å²) in [4.78, 5) is 4.23. The fraction of sp³-hybridized carbons (Fsp3) is 0.375. The Kier molecular flexibility index (Phi) is 4.65. The molecule has 0 fully saturated rings. The van der Waals surface area contributed by atoms with Gasteiger partial charge in [-0.15, -0.1) is 11.8 Å². The van der Waals surface area contributed by atoms with Gasteiger partial charge in [0.05, 0.1) is 5.03 Å². The summed E-state index contributed by atoms with van der Waals surface area (Å²) in [7, 11) is 0. The number of halogens is 1. The van der Waals surface area contributed by atoms with Gasteiger partial charge in [-0.3, -0.25) is 0 Å². The van der Waals surface area contributed by atoms with Crippen molar-refractivity contribution in [1.82, 2.24) is 4.98 Å². The quantitative estimate of drug-likeness (QED) is 0.655. The number of thioether (sulfide) groups is 1. The number of pyridine rings is 1. The van der Waals surface area contributed by atoms with Crippen molar-refractivity contribution in [1.29, 1.82) is 0 Å². The highest BCUT2D eigenvalue weighted by molar-refractivity contribution is 9.10. The maximum atomic E-state index is 5.38. The van der Waals surface area contributed by atoms with E-state index in [1.807, 2.05) is 18.3 Å². The number of hydrogen-bond acceptors (Lipinski definition) is 3. The molecule has 1 aromatic heterocycles. The fourth-order valence-corrected chi connectivity index (χ4v) is 1.75. The van der Waals surface area contributed by atoms with Crippen LogP contribution in [0, 0.1) is 0 Å². The molecule has 0 aliphatic heterocycles. The molecule has 0 aliphatic carbocycles. The first-order valence-electron chi connectivity index (χ1n) is 3.77. The molecule has 0 saturated heterocycles. The van der Waals surface area contributed by atoms with Crippen LogP contribution in [0.5, 0.6) is 0 Å². The summed E-state index contributed by atoms with van der Waals surface area (Å²) < 4.78 is 1.02. The number of rotatable bonds is 4. The normalized spacial score (nSPS) is 10.2. The smallest absolute Gasteiger partial charge is 0.0960 e. The van der Waals surface area contributed by atoms with Crippen LogP contribution in [-0.4, -0.2) is 17.3 Å². The molecule has 2 nitrogen and oxygen atoms in total. The molecule has 0 spiro atoms. The Hall–Kier alpha value is -0.0600. The summed E-state index contributed by atoms with van der Waals surface area (Å²) in [6, 6.07) is 4.00. The topological polar surface area (TPSA) is 38.9 Å². The van der Waals surface area contributed by atoms with Crippen LogP contribution in [0.4, 0.5) is 0 Å². The molecule has 1 heterocycles. The summed E-state index contributed by atoms with van der Waals surface area (Å²) in [5.74, 6) is 1.05. The largest absolute Gasteiger partial charge is 0.330 e. The minimum absolute atomic E-state index is 0.754. The molecular weight excluding hydrogens is 236 g/mol. The van der Waals surface area contributed by atoms with Crippen LogP contribution in [0.3, 0.4) is 0 Å². The molecule has 0 aromatic carbocycles. The van der Waals surface area contributed by atoms with E-state index in [2.05, 4.69) is 20.9 Å². The molecular formula is C8H11BrN2S. The molecule has 2 N–H and O–H groups in total. The molecule has 0 bridgehead atoms. The second-order valence-corrected chi connectivity index (χ2v) is 4.34. The van der Waals surface area contributed by atoms with Crippen molar-refractivity contribution < 1.29 is 0 Å². The zero-order valence-corrected chi connectivity index (χ0v) is 9.07. The van der Waals surface area contributed by atoms with Crippen LogP contribution in [0.25, 0.3) is 0 Å². The van der Waals surface area contributed by atoms with Gasteiger partial charge in [0.2, 0.25) is 0 Å². The van der Waals surface area contributed by atoms with E-state index in [-0.39, 0.29) is 0 Å². The van der Waals surface area contributed by atoms with Crippen LogP contribution < -0.4 is 5.73 Å². The van der Waals surface area contributed by atoms with Crippen LogP contribution in [0.15, 0.2) is 27.8 Å². The standard InChI is InChI=1S/C8H11BrN2S/c9-7-2-3-8(11-6-7)12-5-1-4-10/h2-3,6H,1,4-5,10H2. The highest BCUT2D eigenvalue weighted by atomic mass is 79.9. The third kappa shape index (κ3) is 3.56. The lowest BCUT2D eigenvalue weighted by Crippen LogP contribution is -1.99. The predicted molar refractivity (Wildman–Crippen MR) is 56.3 cm³/mol. The van der Waals surface area contributed by atoms with Crippen molar-refractivity contribution in [2.24, 2.45) is 5.73 Å². The van der Waals surface area contributed by atoms with Crippen LogP contribution in [0.2, 0.25) is 0 Å². The molecule has 0 amide bonds. The van der Waals surface area contributed by atoms with E-state index in [1.165, 1.54) is 0 Å². The van der Waals surface area contributed by atoms with E-state index in [0.717, 1.165) is 28.2 Å². The highest BCUT2D eigenvalue weighted by Crippen LogP contribution is 2.17. The van der Waals surface area contributed by atoms with Crippen molar-refractivity contribution >= 4 is 27.7 Å². The number of aromatic nitrogens is 1. The van der Waals surface area contributed by atoms with Crippen LogP contribution in [0.1, 0.15) is 6.42 Å². The van der Waals surface area contributed by atoms with E-state index in [0.29, 0.717) is 0 Å². The zero-order valence-electron chi connectivity index (χ0n) is 6.66. The molecule has 0 radical (unpaired) electrons. The Labute approximate surface area is 85.1 Å². The lowest BCUT2D eigenvalue weighted by molar-refractivity contribution is 0.940. The first-order chi connectivity index (χ1) is 5.83. The average molecular weight is 247 g/mol. The number of hydrogen-bond donors (Lipinski definition) is 1. The third-order valence-corrected chi connectivity index (χ3v) is 2.80. The molecule has 1 aromatic rings. The van der Waals surface area contributed by atoms with Crippen LogP contribution >= 0.6 is 27.7 Å². The first kappa shape index (κ1) is 10.0. The second-order valence-electron chi connectivity index (χ2n) is 2.31. The van der Waals surface area contributed by atoms with Gasteiger partial charge in [0.25, 0.3) is 0 Å². The minimum atomic E-state index is 0.754. The zero-order chi connectivity index (χ0) is 8.81. The Bertz CT molecular complexity index is 225. The maximum Gasteiger partial charge on any atom is 0.0960 e. The third-order valence-electron chi connectivity index (χ3n) is 1.30. The van der Waals surface area contributed by atoms with Gasteiger partial charge >= 0.3 is 0 Å². The Morgan fingerprint density at radius 2 is 2.33 bits per heavy atom. The van der Waals surface area contributed by atoms with Crippen molar-refractivity contribution in [3.8, 4) is 0 Å². The van der Waals surface area contributed by atoms with E-state index < -0.39 is 0 Å². The van der Waals surface area contributed by atoms with Gasteiger partial charge in [0.15, 0.2) is 0 Å². The second kappa shape index (κ2) is 5.56. The first-order valence-corrected chi connectivity index (χ1v) is 5.55. The van der Waals surface area contributed by atoms with Gasteiger partial charge in [-0.25, -0.2) is 4.98 Å².